The van der Waals surface area contributed by atoms with Crippen LogP contribution in [0.4, 0.5) is 10.8 Å². The highest BCUT2D eigenvalue weighted by Crippen LogP contribution is 2.30. The van der Waals surface area contributed by atoms with Gasteiger partial charge in [0.05, 0.1) is 5.75 Å². The molecule has 4 aromatic rings. The van der Waals surface area contributed by atoms with Crippen LogP contribution in [0.3, 0.4) is 0 Å². The molecule has 142 valence electrons. The van der Waals surface area contributed by atoms with E-state index in [-0.39, 0.29) is 0 Å². The molecule has 4 rings (SSSR count). The number of anilines is 2. The van der Waals surface area contributed by atoms with E-state index in [1.165, 1.54) is 22.5 Å². The zero-order valence-electron chi connectivity index (χ0n) is 15.5. The summed E-state index contributed by atoms with van der Waals surface area (Å²) in [6.45, 7) is 4.19. The van der Waals surface area contributed by atoms with Crippen molar-refractivity contribution in [3.05, 3.63) is 76.9 Å². The SMILES string of the molecule is Cc1cccc(Nc2nnc(SCc3nc(Cc4ccccc4)no3)s2)c1C. The summed E-state index contributed by atoms with van der Waals surface area (Å²) in [7, 11) is 0. The molecule has 0 saturated heterocycles. The lowest BCUT2D eigenvalue weighted by Crippen LogP contribution is -1.94. The number of nitrogens with one attached hydrogen (secondary N) is 1. The number of aryl methyl sites for hydroxylation is 1. The molecule has 0 spiro atoms. The molecule has 0 radical (unpaired) electrons. The van der Waals surface area contributed by atoms with Gasteiger partial charge in [-0.3, -0.25) is 0 Å². The smallest absolute Gasteiger partial charge is 0.237 e. The molecule has 0 aliphatic rings. The molecule has 2 heterocycles. The summed E-state index contributed by atoms with van der Waals surface area (Å²) in [6, 6.07) is 16.3. The largest absolute Gasteiger partial charge is 0.338 e. The van der Waals surface area contributed by atoms with E-state index in [9.17, 15) is 0 Å². The summed E-state index contributed by atoms with van der Waals surface area (Å²) in [5, 5.41) is 16.6. The van der Waals surface area contributed by atoms with Gasteiger partial charge in [0.1, 0.15) is 0 Å². The Labute approximate surface area is 171 Å². The highest BCUT2D eigenvalue weighted by molar-refractivity contribution is 8.00. The summed E-state index contributed by atoms with van der Waals surface area (Å²) < 4.78 is 6.21. The number of rotatable bonds is 7. The van der Waals surface area contributed by atoms with E-state index in [4.69, 9.17) is 4.52 Å². The number of hydrogen-bond donors (Lipinski definition) is 1. The zero-order chi connectivity index (χ0) is 19.3. The average molecular weight is 410 g/mol. The molecular formula is C20H19N5OS2. The molecule has 8 heteroatoms. The molecule has 2 aromatic heterocycles. The number of thioether (sulfide) groups is 1. The fourth-order valence-corrected chi connectivity index (χ4v) is 4.24. The quantitative estimate of drug-likeness (QED) is 0.422. The van der Waals surface area contributed by atoms with Gasteiger partial charge >= 0.3 is 0 Å². The minimum absolute atomic E-state index is 0.569. The minimum atomic E-state index is 0.569. The standard InChI is InChI=1S/C20H19N5OS2/c1-13-7-6-10-16(14(13)2)21-19-23-24-20(28-19)27-12-18-22-17(25-26-18)11-15-8-4-3-5-9-15/h3-10H,11-12H2,1-2H3,(H,21,23). The van der Waals surface area contributed by atoms with Crippen LogP contribution in [0.2, 0.25) is 0 Å². The van der Waals surface area contributed by atoms with Crippen LogP contribution in [-0.4, -0.2) is 20.3 Å². The molecule has 0 bridgehead atoms. The monoisotopic (exact) mass is 409 g/mol. The van der Waals surface area contributed by atoms with E-state index >= 15 is 0 Å². The lowest BCUT2D eigenvalue weighted by molar-refractivity contribution is 0.386. The van der Waals surface area contributed by atoms with E-state index < -0.39 is 0 Å². The van der Waals surface area contributed by atoms with Gasteiger partial charge < -0.3 is 9.84 Å². The van der Waals surface area contributed by atoms with Gasteiger partial charge in [0.15, 0.2) is 10.2 Å². The van der Waals surface area contributed by atoms with Crippen LogP contribution >= 0.6 is 23.1 Å². The van der Waals surface area contributed by atoms with Gasteiger partial charge in [-0.25, -0.2) is 0 Å². The molecule has 2 aromatic carbocycles. The van der Waals surface area contributed by atoms with Gasteiger partial charge in [-0.2, -0.15) is 4.98 Å². The second-order valence-electron chi connectivity index (χ2n) is 6.30. The lowest BCUT2D eigenvalue weighted by atomic mass is 10.1. The van der Waals surface area contributed by atoms with E-state index in [2.05, 4.69) is 57.7 Å². The predicted octanol–water partition coefficient (Wildman–Crippen LogP) is 5.16. The molecule has 28 heavy (non-hydrogen) atoms. The summed E-state index contributed by atoms with van der Waals surface area (Å²) >= 11 is 3.05. The molecule has 0 unspecified atom stereocenters. The Morgan fingerprint density at radius 1 is 1.04 bits per heavy atom. The first-order valence-electron chi connectivity index (χ1n) is 8.82. The zero-order valence-corrected chi connectivity index (χ0v) is 17.2. The highest BCUT2D eigenvalue weighted by atomic mass is 32.2. The van der Waals surface area contributed by atoms with E-state index in [1.807, 2.05) is 30.3 Å². The van der Waals surface area contributed by atoms with Crippen molar-refractivity contribution in [3.8, 4) is 0 Å². The van der Waals surface area contributed by atoms with Crippen LogP contribution in [0.5, 0.6) is 0 Å². The van der Waals surface area contributed by atoms with E-state index in [0.29, 0.717) is 23.9 Å². The Morgan fingerprint density at radius 2 is 1.89 bits per heavy atom. The second kappa shape index (κ2) is 8.53. The molecule has 0 fully saturated rings. The molecule has 0 atom stereocenters. The highest BCUT2D eigenvalue weighted by Gasteiger charge is 2.11. The summed E-state index contributed by atoms with van der Waals surface area (Å²) in [5.74, 6) is 1.85. The van der Waals surface area contributed by atoms with Crippen LogP contribution in [0, 0.1) is 13.8 Å². The normalized spacial score (nSPS) is 10.9. The van der Waals surface area contributed by atoms with Crippen molar-refractivity contribution in [2.24, 2.45) is 0 Å². The maximum Gasteiger partial charge on any atom is 0.237 e. The Kier molecular flexibility index (Phi) is 5.68. The van der Waals surface area contributed by atoms with E-state index in [1.54, 1.807) is 11.8 Å². The van der Waals surface area contributed by atoms with Crippen molar-refractivity contribution < 1.29 is 4.52 Å². The van der Waals surface area contributed by atoms with Crippen LogP contribution in [-0.2, 0) is 12.2 Å². The van der Waals surface area contributed by atoms with Gasteiger partial charge in [-0.15, -0.1) is 10.2 Å². The van der Waals surface area contributed by atoms with Crippen molar-refractivity contribution in [2.45, 2.75) is 30.4 Å². The Hall–Kier alpha value is -2.71. The van der Waals surface area contributed by atoms with Gasteiger partial charge in [-0.1, -0.05) is 70.7 Å². The summed E-state index contributed by atoms with van der Waals surface area (Å²) in [5.41, 5.74) is 4.67. The fraction of sp³-hybridized carbons (Fsp3) is 0.200. The van der Waals surface area contributed by atoms with Crippen LogP contribution in [0.1, 0.15) is 28.4 Å². The van der Waals surface area contributed by atoms with Crippen molar-refractivity contribution >= 4 is 33.9 Å². The maximum atomic E-state index is 5.35. The Balaban J connectivity index is 1.34. The molecule has 0 aliphatic heterocycles. The minimum Gasteiger partial charge on any atom is -0.338 e. The molecule has 0 aliphatic carbocycles. The third-order valence-electron chi connectivity index (χ3n) is 4.29. The van der Waals surface area contributed by atoms with Crippen molar-refractivity contribution in [1.29, 1.82) is 0 Å². The Morgan fingerprint density at radius 3 is 2.75 bits per heavy atom. The van der Waals surface area contributed by atoms with Crippen LogP contribution in [0.25, 0.3) is 0 Å². The number of nitrogens with zero attached hydrogens (tertiary/aromatic N) is 4. The topological polar surface area (TPSA) is 76.7 Å². The first-order valence-corrected chi connectivity index (χ1v) is 10.6. The first kappa shape index (κ1) is 18.6. The van der Waals surface area contributed by atoms with Crippen LogP contribution < -0.4 is 5.32 Å². The lowest BCUT2D eigenvalue weighted by Gasteiger charge is -2.08. The maximum absolute atomic E-state index is 5.35. The summed E-state index contributed by atoms with van der Waals surface area (Å²) in [4.78, 5) is 4.46. The predicted molar refractivity (Wildman–Crippen MR) is 112 cm³/mol. The van der Waals surface area contributed by atoms with Crippen LogP contribution in [0.15, 0.2) is 57.4 Å². The van der Waals surface area contributed by atoms with E-state index in [0.717, 1.165) is 20.7 Å². The molecule has 1 N–H and O–H groups in total. The fourth-order valence-electron chi connectivity index (χ4n) is 2.64. The molecular weight excluding hydrogens is 390 g/mol. The third kappa shape index (κ3) is 4.58. The number of aromatic nitrogens is 4. The van der Waals surface area contributed by atoms with Gasteiger partial charge in [-0.05, 0) is 36.6 Å². The number of hydrogen-bond acceptors (Lipinski definition) is 8. The first-order chi connectivity index (χ1) is 13.7. The molecule has 0 amide bonds. The third-order valence-corrected chi connectivity index (χ3v) is 6.24. The van der Waals surface area contributed by atoms with Crippen molar-refractivity contribution in [1.82, 2.24) is 20.3 Å². The average Bonchev–Trinajstić information content (AvgIpc) is 3.34. The summed E-state index contributed by atoms with van der Waals surface area (Å²) in [6.07, 6.45) is 0.664. The van der Waals surface area contributed by atoms with Crippen molar-refractivity contribution in [2.75, 3.05) is 5.32 Å². The molecule has 0 saturated carbocycles. The van der Waals surface area contributed by atoms with Gasteiger partial charge in [0, 0.05) is 12.1 Å². The van der Waals surface area contributed by atoms with Gasteiger partial charge in [0.2, 0.25) is 11.0 Å². The van der Waals surface area contributed by atoms with Crippen molar-refractivity contribution in [3.63, 3.8) is 0 Å². The number of benzene rings is 2. The Bertz CT molecular complexity index is 1060. The van der Waals surface area contributed by atoms with Gasteiger partial charge in [0.25, 0.3) is 0 Å². The second-order valence-corrected chi connectivity index (χ2v) is 8.50. The molecule has 6 nitrogen and oxygen atoms in total.